The van der Waals surface area contributed by atoms with E-state index in [0.29, 0.717) is 19.3 Å². The Morgan fingerprint density at radius 2 is 1.74 bits per heavy atom. The second kappa shape index (κ2) is 9.64. The van der Waals surface area contributed by atoms with Gasteiger partial charge in [0.15, 0.2) is 0 Å². The minimum atomic E-state index is -4.87. The molecular formula is C24H33F3N2O5. The van der Waals surface area contributed by atoms with Crippen LogP contribution in [0.5, 0.6) is 5.75 Å². The largest absolute Gasteiger partial charge is 0.573 e. The fourth-order valence-electron chi connectivity index (χ4n) is 4.76. The normalized spacial score (nSPS) is 24.6. The van der Waals surface area contributed by atoms with E-state index in [4.69, 9.17) is 4.74 Å². The Labute approximate surface area is 197 Å². The van der Waals surface area contributed by atoms with Crippen LogP contribution in [-0.2, 0) is 9.53 Å². The van der Waals surface area contributed by atoms with Crippen LogP contribution in [-0.4, -0.2) is 70.7 Å². The summed E-state index contributed by atoms with van der Waals surface area (Å²) < 4.78 is 47.7. The number of benzene rings is 1. The molecular weight excluding hydrogens is 453 g/mol. The number of hydrogen-bond acceptors (Lipinski definition) is 5. The van der Waals surface area contributed by atoms with Crippen LogP contribution in [0.4, 0.5) is 18.0 Å². The fourth-order valence-corrected chi connectivity index (χ4v) is 4.76. The molecule has 7 nitrogen and oxygen atoms in total. The maximum atomic E-state index is 13.7. The van der Waals surface area contributed by atoms with E-state index in [1.54, 1.807) is 31.7 Å². The van der Waals surface area contributed by atoms with E-state index in [2.05, 4.69) is 4.74 Å². The highest BCUT2D eigenvalue weighted by Crippen LogP contribution is 2.45. The summed E-state index contributed by atoms with van der Waals surface area (Å²) in [6.45, 7) is 8.29. The molecule has 0 bridgehead atoms. The molecule has 34 heavy (non-hydrogen) atoms. The standard InChI is InChI=1S/C24H33F3N2O5/c1-16-8-9-23(32,15-16)19(17-6-5-7-18(14-17)33-24(25,26)27)20(30)28-10-12-29(13-11-28)21(31)34-22(2,3)4/h5-7,14,16,19,32H,8-13,15H2,1-4H3/t16-,19?,23?/m1/s1. The number of piperazine rings is 1. The van der Waals surface area contributed by atoms with E-state index in [9.17, 15) is 27.9 Å². The van der Waals surface area contributed by atoms with Crippen molar-refractivity contribution in [1.82, 2.24) is 9.80 Å². The van der Waals surface area contributed by atoms with E-state index in [0.717, 1.165) is 0 Å². The zero-order chi connectivity index (χ0) is 25.3. The average Bonchev–Trinajstić information content (AvgIpc) is 3.05. The Morgan fingerprint density at radius 3 is 2.26 bits per heavy atom. The van der Waals surface area contributed by atoms with Gasteiger partial charge in [0.1, 0.15) is 11.4 Å². The van der Waals surface area contributed by atoms with Gasteiger partial charge in [-0.25, -0.2) is 4.79 Å². The molecule has 1 aliphatic carbocycles. The first-order chi connectivity index (χ1) is 15.7. The molecule has 190 valence electrons. The molecule has 1 saturated heterocycles. The van der Waals surface area contributed by atoms with Crippen LogP contribution in [0.25, 0.3) is 0 Å². The maximum Gasteiger partial charge on any atom is 0.573 e. The van der Waals surface area contributed by atoms with Crippen molar-refractivity contribution in [3.63, 3.8) is 0 Å². The van der Waals surface area contributed by atoms with E-state index in [-0.39, 0.29) is 43.6 Å². The second-order valence-electron chi connectivity index (χ2n) is 10.3. The predicted molar refractivity (Wildman–Crippen MR) is 118 cm³/mol. The molecule has 1 N–H and O–H groups in total. The number of rotatable bonds is 4. The van der Waals surface area contributed by atoms with E-state index < -0.39 is 35.3 Å². The quantitative estimate of drug-likeness (QED) is 0.687. The lowest BCUT2D eigenvalue weighted by molar-refractivity contribution is -0.274. The SMILES string of the molecule is C[C@@H]1CCC(O)(C(C(=O)N2CCN(C(=O)OC(C)(C)C)CC2)c2cccc(OC(F)(F)F)c2)C1. The molecule has 2 aliphatic rings. The second-order valence-corrected chi connectivity index (χ2v) is 10.3. The Balaban J connectivity index is 1.81. The number of carbonyl (C=O) groups excluding carboxylic acids is 2. The van der Waals surface area contributed by atoms with Crippen molar-refractivity contribution in [1.29, 1.82) is 0 Å². The molecule has 1 aromatic rings. The molecule has 2 unspecified atom stereocenters. The van der Waals surface area contributed by atoms with Gasteiger partial charge in [-0.2, -0.15) is 0 Å². The molecule has 1 saturated carbocycles. The summed E-state index contributed by atoms with van der Waals surface area (Å²) in [6, 6.07) is 5.27. The molecule has 1 aliphatic heterocycles. The summed E-state index contributed by atoms with van der Waals surface area (Å²) >= 11 is 0. The highest BCUT2D eigenvalue weighted by molar-refractivity contribution is 5.85. The van der Waals surface area contributed by atoms with Crippen molar-refractivity contribution >= 4 is 12.0 Å². The van der Waals surface area contributed by atoms with Crippen LogP contribution in [0.1, 0.15) is 58.4 Å². The van der Waals surface area contributed by atoms with Gasteiger partial charge in [0, 0.05) is 26.2 Å². The number of hydrogen-bond donors (Lipinski definition) is 1. The van der Waals surface area contributed by atoms with Crippen LogP contribution in [0.3, 0.4) is 0 Å². The fraction of sp³-hybridized carbons (Fsp3) is 0.667. The minimum Gasteiger partial charge on any atom is -0.444 e. The zero-order valence-corrected chi connectivity index (χ0v) is 20.0. The van der Waals surface area contributed by atoms with Gasteiger partial charge in [-0.1, -0.05) is 19.1 Å². The lowest BCUT2D eigenvalue weighted by Gasteiger charge is -2.40. The Kier molecular flexibility index (Phi) is 7.40. The molecule has 2 amide bonds. The zero-order valence-electron chi connectivity index (χ0n) is 20.0. The summed E-state index contributed by atoms with van der Waals surface area (Å²) in [5.74, 6) is -1.67. The lowest BCUT2D eigenvalue weighted by atomic mass is 9.79. The van der Waals surface area contributed by atoms with E-state index >= 15 is 0 Å². The summed E-state index contributed by atoms with van der Waals surface area (Å²) in [6.07, 6.45) is -3.88. The molecule has 0 spiro atoms. The van der Waals surface area contributed by atoms with Gasteiger partial charge in [-0.3, -0.25) is 4.79 Å². The third kappa shape index (κ3) is 6.55. The summed E-state index contributed by atoms with van der Waals surface area (Å²) in [4.78, 5) is 29.1. The van der Waals surface area contributed by atoms with Gasteiger partial charge in [0.25, 0.3) is 0 Å². The van der Waals surface area contributed by atoms with Crippen molar-refractivity contribution in [2.75, 3.05) is 26.2 Å². The van der Waals surface area contributed by atoms with Gasteiger partial charge < -0.3 is 24.4 Å². The highest BCUT2D eigenvalue weighted by atomic mass is 19.4. The molecule has 0 aromatic heterocycles. The number of carbonyl (C=O) groups is 2. The number of nitrogens with zero attached hydrogens (tertiary/aromatic N) is 2. The highest BCUT2D eigenvalue weighted by Gasteiger charge is 2.48. The van der Waals surface area contributed by atoms with Gasteiger partial charge in [0.05, 0.1) is 11.5 Å². The maximum absolute atomic E-state index is 13.7. The molecule has 1 heterocycles. The Morgan fingerprint density at radius 1 is 1.12 bits per heavy atom. The topological polar surface area (TPSA) is 79.3 Å². The van der Waals surface area contributed by atoms with Crippen molar-refractivity contribution in [3.8, 4) is 5.75 Å². The number of alkyl halides is 3. The third-order valence-corrected chi connectivity index (χ3v) is 6.22. The minimum absolute atomic E-state index is 0.180. The van der Waals surface area contributed by atoms with Gasteiger partial charge >= 0.3 is 12.5 Å². The van der Waals surface area contributed by atoms with E-state index in [1.807, 2.05) is 6.92 Å². The number of aliphatic hydroxyl groups is 1. The van der Waals surface area contributed by atoms with Crippen LogP contribution < -0.4 is 4.74 Å². The van der Waals surface area contributed by atoms with Gasteiger partial charge in [-0.15, -0.1) is 13.2 Å². The summed E-state index contributed by atoms with van der Waals surface area (Å²) in [7, 11) is 0. The Bertz CT molecular complexity index is 893. The van der Waals surface area contributed by atoms with Crippen LogP contribution >= 0.6 is 0 Å². The summed E-state index contributed by atoms with van der Waals surface area (Å²) in [5, 5.41) is 11.5. The average molecular weight is 487 g/mol. The number of amides is 2. The lowest BCUT2D eigenvalue weighted by Crippen LogP contribution is -2.54. The van der Waals surface area contributed by atoms with Crippen molar-refractivity contribution in [3.05, 3.63) is 29.8 Å². The number of ether oxygens (including phenoxy) is 2. The van der Waals surface area contributed by atoms with E-state index in [1.165, 1.54) is 23.1 Å². The van der Waals surface area contributed by atoms with Crippen LogP contribution in [0, 0.1) is 5.92 Å². The van der Waals surface area contributed by atoms with Crippen LogP contribution in [0.15, 0.2) is 24.3 Å². The molecule has 10 heteroatoms. The molecule has 3 rings (SSSR count). The molecule has 0 radical (unpaired) electrons. The predicted octanol–water partition coefficient (Wildman–Crippen LogP) is 4.30. The van der Waals surface area contributed by atoms with Gasteiger partial charge in [0.2, 0.25) is 5.91 Å². The molecule has 1 aromatic carbocycles. The summed E-state index contributed by atoms with van der Waals surface area (Å²) in [5.41, 5.74) is -1.74. The smallest absolute Gasteiger partial charge is 0.444 e. The van der Waals surface area contributed by atoms with Crippen LogP contribution in [0.2, 0.25) is 0 Å². The van der Waals surface area contributed by atoms with Crippen molar-refractivity contribution in [2.24, 2.45) is 5.92 Å². The molecule has 2 fully saturated rings. The first-order valence-corrected chi connectivity index (χ1v) is 11.5. The van der Waals surface area contributed by atoms with Gasteiger partial charge in [-0.05, 0) is 63.6 Å². The first-order valence-electron chi connectivity index (χ1n) is 11.5. The monoisotopic (exact) mass is 486 g/mol. The first kappa shape index (κ1) is 26.1. The molecule has 3 atom stereocenters. The van der Waals surface area contributed by atoms with Crippen molar-refractivity contribution < 1.29 is 37.3 Å². The Hall–Kier alpha value is -2.49. The van der Waals surface area contributed by atoms with Crippen molar-refractivity contribution in [2.45, 2.75) is 70.4 Å². The number of halogens is 3. The third-order valence-electron chi connectivity index (χ3n) is 6.22.